The lowest BCUT2D eigenvalue weighted by atomic mass is 9.66. The van der Waals surface area contributed by atoms with Crippen molar-refractivity contribution < 1.29 is 9.15 Å². The maximum Gasteiger partial charge on any atom is 0.117 e. The van der Waals surface area contributed by atoms with Gasteiger partial charge in [-0.3, -0.25) is 0 Å². The molecule has 3 rings (SSSR count). The van der Waals surface area contributed by atoms with Crippen molar-refractivity contribution in [3.05, 3.63) is 60.1 Å². The summed E-state index contributed by atoms with van der Waals surface area (Å²) >= 11 is 0. The molecular formula is C21H29NO2. The summed E-state index contributed by atoms with van der Waals surface area (Å²) in [7, 11) is 0. The maximum absolute atomic E-state index is 6.12. The largest absolute Gasteiger partial charge is 0.468 e. The Bertz CT molecular complexity index is 610. The molecule has 1 fully saturated rings. The van der Waals surface area contributed by atoms with Crippen LogP contribution < -0.4 is 5.32 Å². The molecule has 1 saturated heterocycles. The minimum Gasteiger partial charge on any atom is -0.468 e. The Kier molecular flexibility index (Phi) is 5.42. The molecule has 0 amide bonds. The highest BCUT2D eigenvalue weighted by molar-refractivity contribution is 5.27. The second-order valence-electron chi connectivity index (χ2n) is 7.23. The van der Waals surface area contributed by atoms with Crippen molar-refractivity contribution >= 4 is 0 Å². The predicted molar refractivity (Wildman–Crippen MR) is 97.0 cm³/mol. The van der Waals surface area contributed by atoms with Gasteiger partial charge in [-0.25, -0.2) is 0 Å². The number of hydrogen-bond donors (Lipinski definition) is 1. The number of nitrogens with one attached hydrogen (secondary N) is 1. The van der Waals surface area contributed by atoms with Gasteiger partial charge in [0, 0.05) is 12.0 Å². The van der Waals surface area contributed by atoms with Crippen molar-refractivity contribution in [2.75, 3.05) is 13.2 Å². The zero-order chi connectivity index (χ0) is 16.9. The van der Waals surface area contributed by atoms with E-state index in [1.165, 1.54) is 5.56 Å². The van der Waals surface area contributed by atoms with E-state index in [-0.39, 0.29) is 11.0 Å². The summed E-state index contributed by atoms with van der Waals surface area (Å²) in [5.41, 5.74) is 1.63. The number of benzene rings is 1. The molecule has 1 N–H and O–H groups in total. The fraction of sp³-hybridized carbons (Fsp3) is 0.524. The summed E-state index contributed by atoms with van der Waals surface area (Å²) in [6.45, 7) is 7.11. The minimum atomic E-state index is -0.0187. The smallest absolute Gasteiger partial charge is 0.117 e. The van der Waals surface area contributed by atoms with Gasteiger partial charge in [0.05, 0.1) is 18.4 Å². The fourth-order valence-electron chi connectivity index (χ4n) is 3.92. The van der Waals surface area contributed by atoms with Gasteiger partial charge in [-0.15, -0.1) is 0 Å². The van der Waals surface area contributed by atoms with Gasteiger partial charge in [0.1, 0.15) is 5.76 Å². The summed E-state index contributed by atoms with van der Waals surface area (Å²) < 4.78 is 11.5. The van der Waals surface area contributed by atoms with Gasteiger partial charge in [0.25, 0.3) is 0 Å². The first-order valence-corrected chi connectivity index (χ1v) is 9.08. The van der Waals surface area contributed by atoms with Crippen LogP contribution in [0.15, 0.2) is 53.1 Å². The summed E-state index contributed by atoms with van der Waals surface area (Å²) in [5.74, 6) is 0.995. The highest BCUT2D eigenvalue weighted by Crippen LogP contribution is 2.45. The molecular weight excluding hydrogens is 298 g/mol. The summed E-state index contributed by atoms with van der Waals surface area (Å²) in [6, 6.07) is 14.9. The van der Waals surface area contributed by atoms with E-state index in [0.717, 1.165) is 51.1 Å². The Morgan fingerprint density at radius 2 is 1.96 bits per heavy atom. The number of hydrogen-bond acceptors (Lipinski definition) is 3. The van der Waals surface area contributed by atoms with Crippen molar-refractivity contribution in [1.82, 2.24) is 5.32 Å². The number of rotatable bonds is 7. The molecule has 0 unspecified atom stereocenters. The van der Waals surface area contributed by atoms with Crippen molar-refractivity contribution in [1.29, 1.82) is 0 Å². The van der Waals surface area contributed by atoms with Crippen LogP contribution in [0.3, 0.4) is 0 Å². The highest BCUT2D eigenvalue weighted by atomic mass is 16.5. The third-order valence-corrected chi connectivity index (χ3v) is 5.54. The van der Waals surface area contributed by atoms with Crippen molar-refractivity contribution in [3.8, 4) is 0 Å². The molecule has 24 heavy (non-hydrogen) atoms. The van der Waals surface area contributed by atoms with E-state index in [1.807, 2.05) is 12.1 Å². The second kappa shape index (κ2) is 7.54. The van der Waals surface area contributed by atoms with Crippen LogP contribution in [-0.2, 0) is 16.7 Å². The molecule has 0 saturated carbocycles. The molecule has 2 atom stereocenters. The SMILES string of the molecule is CC[C@@]1(C)C[C@](CCNCc2ccco2)(c2ccccc2)CCO1. The highest BCUT2D eigenvalue weighted by Gasteiger charge is 2.42. The van der Waals surface area contributed by atoms with Gasteiger partial charge < -0.3 is 14.5 Å². The third kappa shape index (κ3) is 3.90. The molecule has 0 bridgehead atoms. The molecule has 130 valence electrons. The lowest BCUT2D eigenvalue weighted by molar-refractivity contribution is -0.0979. The molecule has 1 aliphatic rings. The summed E-state index contributed by atoms with van der Waals surface area (Å²) in [5, 5.41) is 3.54. The Balaban J connectivity index is 1.70. The Labute approximate surface area is 145 Å². The van der Waals surface area contributed by atoms with Crippen LogP contribution in [0.25, 0.3) is 0 Å². The van der Waals surface area contributed by atoms with Crippen molar-refractivity contribution in [3.63, 3.8) is 0 Å². The van der Waals surface area contributed by atoms with Crippen molar-refractivity contribution in [2.45, 2.75) is 57.1 Å². The minimum absolute atomic E-state index is 0.0187. The van der Waals surface area contributed by atoms with E-state index in [1.54, 1.807) is 6.26 Å². The van der Waals surface area contributed by atoms with Crippen LogP contribution in [0.1, 0.15) is 50.9 Å². The van der Waals surface area contributed by atoms with E-state index >= 15 is 0 Å². The third-order valence-electron chi connectivity index (χ3n) is 5.54. The lowest BCUT2D eigenvalue weighted by Gasteiger charge is -2.47. The van der Waals surface area contributed by atoms with Crippen LogP contribution in [0, 0.1) is 0 Å². The Morgan fingerprint density at radius 1 is 1.12 bits per heavy atom. The normalized spacial score (nSPS) is 27.2. The average Bonchev–Trinajstić information content (AvgIpc) is 3.13. The van der Waals surface area contributed by atoms with Crippen LogP contribution in [0.2, 0.25) is 0 Å². The molecule has 0 spiro atoms. The first-order valence-electron chi connectivity index (χ1n) is 9.08. The van der Waals surface area contributed by atoms with Crippen LogP contribution in [-0.4, -0.2) is 18.8 Å². The molecule has 2 aromatic rings. The van der Waals surface area contributed by atoms with Crippen LogP contribution in [0.4, 0.5) is 0 Å². The molecule has 2 heterocycles. The van der Waals surface area contributed by atoms with Gasteiger partial charge in [0.2, 0.25) is 0 Å². The average molecular weight is 327 g/mol. The topological polar surface area (TPSA) is 34.4 Å². The molecule has 3 nitrogen and oxygen atoms in total. The van der Waals surface area contributed by atoms with Gasteiger partial charge >= 0.3 is 0 Å². The summed E-state index contributed by atoms with van der Waals surface area (Å²) in [4.78, 5) is 0. The van der Waals surface area contributed by atoms with E-state index in [9.17, 15) is 0 Å². The molecule has 1 aliphatic heterocycles. The molecule has 1 aromatic carbocycles. The first-order chi connectivity index (χ1) is 11.7. The molecule has 1 aromatic heterocycles. The second-order valence-corrected chi connectivity index (χ2v) is 7.23. The Hall–Kier alpha value is -1.58. The van der Waals surface area contributed by atoms with Gasteiger partial charge in [-0.05, 0) is 56.8 Å². The van der Waals surface area contributed by atoms with Gasteiger partial charge in [0.15, 0.2) is 0 Å². The fourth-order valence-corrected chi connectivity index (χ4v) is 3.92. The zero-order valence-corrected chi connectivity index (χ0v) is 14.9. The molecule has 0 aliphatic carbocycles. The summed E-state index contributed by atoms with van der Waals surface area (Å²) in [6.07, 6.45) is 6.09. The van der Waals surface area contributed by atoms with Gasteiger partial charge in [-0.1, -0.05) is 37.3 Å². The van der Waals surface area contributed by atoms with E-state index in [0.29, 0.717) is 0 Å². The predicted octanol–water partition coefficient (Wildman–Crippen LogP) is 4.68. The van der Waals surface area contributed by atoms with Crippen molar-refractivity contribution in [2.24, 2.45) is 0 Å². The van der Waals surface area contributed by atoms with E-state index in [4.69, 9.17) is 9.15 Å². The number of furan rings is 1. The quantitative estimate of drug-likeness (QED) is 0.750. The van der Waals surface area contributed by atoms with Gasteiger partial charge in [-0.2, -0.15) is 0 Å². The lowest BCUT2D eigenvalue weighted by Crippen LogP contribution is -2.46. The maximum atomic E-state index is 6.12. The van der Waals surface area contributed by atoms with E-state index in [2.05, 4.69) is 49.5 Å². The molecule has 0 radical (unpaired) electrons. The standard InChI is InChI=1S/C21H29NO2/c1-3-20(2)17-21(12-15-24-20,18-8-5-4-6-9-18)11-13-22-16-19-10-7-14-23-19/h4-10,14,22H,3,11-13,15-17H2,1-2H3/t20-,21+/m0/s1. The zero-order valence-electron chi connectivity index (χ0n) is 14.9. The Morgan fingerprint density at radius 3 is 2.67 bits per heavy atom. The van der Waals surface area contributed by atoms with Crippen LogP contribution >= 0.6 is 0 Å². The number of ether oxygens (including phenoxy) is 1. The van der Waals surface area contributed by atoms with Crippen LogP contribution in [0.5, 0.6) is 0 Å². The first kappa shape index (κ1) is 17.2. The monoisotopic (exact) mass is 327 g/mol. The molecule has 3 heteroatoms. The van der Waals surface area contributed by atoms with E-state index < -0.39 is 0 Å².